The number of nitriles is 2. The van der Waals surface area contributed by atoms with E-state index >= 15 is 0 Å². The van der Waals surface area contributed by atoms with Crippen molar-refractivity contribution >= 4 is 29.0 Å². The van der Waals surface area contributed by atoms with Gasteiger partial charge in [-0.05, 0) is 67.2 Å². The summed E-state index contributed by atoms with van der Waals surface area (Å²) in [6.45, 7) is 2.46. The summed E-state index contributed by atoms with van der Waals surface area (Å²) in [4.78, 5) is 13.0. The minimum Gasteiger partial charge on any atom is -0.494 e. The van der Waals surface area contributed by atoms with Crippen molar-refractivity contribution in [2.75, 3.05) is 17.2 Å². The summed E-state index contributed by atoms with van der Waals surface area (Å²) in [6, 6.07) is 15.8. The van der Waals surface area contributed by atoms with Crippen molar-refractivity contribution in [1.29, 1.82) is 10.5 Å². The van der Waals surface area contributed by atoms with Gasteiger partial charge in [0.2, 0.25) is 0 Å². The fraction of sp³-hybridized carbons (Fsp3) is 0.105. The van der Waals surface area contributed by atoms with E-state index in [9.17, 15) is 10.1 Å². The van der Waals surface area contributed by atoms with Crippen LogP contribution in [0.4, 0.5) is 11.4 Å². The molecule has 0 aliphatic heterocycles. The molecule has 26 heavy (non-hydrogen) atoms. The maximum Gasteiger partial charge on any atom is 0.267 e. The molecule has 0 bridgehead atoms. The monoisotopic (exact) mass is 364 g/mol. The normalized spacial score (nSPS) is 10.3. The number of thioether (sulfide) groups is 1. The molecule has 0 aromatic heterocycles. The van der Waals surface area contributed by atoms with Gasteiger partial charge in [0, 0.05) is 22.5 Å². The first-order valence-electron chi connectivity index (χ1n) is 7.73. The van der Waals surface area contributed by atoms with E-state index in [-0.39, 0.29) is 5.57 Å². The van der Waals surface area contributed by atoms with Gasteiger partial charge in [0.1, 0.15) is 22.8 Å². The number of anilines is 2. The summed E-state index contributed by atoms with van der Waals surface area (Å²) in [5.41, 5.74) is 1.21. The van der Waals surface area contributed by atoms with Crippen LogP contribution in [-0.2, 0) is 4.79 Å². The molecule has 0 unspecified atom stereocenters. The molecule has 0 atom stereocenters. The van der Waals surface area contributed by atoms with Gasteiger partial charge < -0.3 is 15.4 Å². The number of carbonyl (C=O) groups is 1. The second kappa shape index (κ2) is 9.77. The van der Waals surface area contributed by atoms with Crippen LogP contribution in [0.3, 0.4) is 0 Å². The number of carbonyl (C=O) groups excluding carboxylic acids is 1. The van der Waals surface area contributed by atoms with Crippen LogP contribution in [-0.4, -0.2) is 12.5 Å². The molecule has 1 amide bonds. The molecular formula is C19H16N4O2S. The van der Waals surface area contributed by atoms with E-state index in [0.717, 1.165) is 16.7 Å². The Bertz CT molecular complexity index is 862. The number of hydrogen-bond donors (Lipinski definition) is 2. The molecule has 2 aromatic carbocycles. The number of ether oxygens (including phenoxy) is 1. The lowest BCUT2D eigenvalue weighted by molar-refractivity contribution is -0.112. The first-order valence-corrected chi connectivity index (χ1v) is 8.55. The first-order chi connectivity index (χ1) is 12.7. The van der Waals surface area contributed by atoms with Gasteiger partial charge in [-0.1, -0.05) is 0 Å². The third-order valence-corrected chi connectivity index (χ3v) is 3.79. The average Bonchev–Trinajstić information content (AvgIpc) is 2.65. The quantitative estimate of drug-likeness (QED) is 0.332. The van der Waals surface area contributed by atoms with E-state index in [4.69, 9.17) is 10.00 Å². The van der Waals surface area contributed by atoms with Gasteiger partial charge in [-0.15, -0.1) is 0 Å². The Morgan fingerprint density at radius 1 is 1.12 bits per heavy atom. The molecule has 2 aromatic rings. The molecule has 2 rings (SSSR count). The highest BCUT2D eigenvalue weighted by Gasteiger charge is 2.09. The van der Waals surface area contributed by atoms with Crippen LogP contribution in [0, 0.1) is 22.0 Å². The van der Waals surface area contributed by atoms with Gasteiger partial charge in [-0.3, -0.25) is 4.79 Å². The molecule has 6 nitrogen and oxygen atoms in total. The van der Waals surface area contributed by atoms with Crippen LogP contribution in [0.15, 0.2) is 65.2 Å². The molecule has 0 aliphatic carbocycles. The lowest BCUT2D eigenvalue weighted by Crippen LogP contribution is -2.14. The van der Waals surface area contributed by atoms with Crippen LogP contribution in [0.1, 0.15) is 6.92 Å². The molecule has 130 valence electrons. The topological polar surface area (TPSA) is 97.9 Å². The van der Waals surface area contributed by atoms with E-state index in [1.807, 2.05) is 18.4 Å². The van der Waals surface area contributed by atoms with Crippen molar-refractivity contribution in [3.05, 3.63) is 60.3 Å². The number of hydrogen-bond acceptors (Lipinski definition) is 6. The minimum atomic E-state index is -0.513. The summed E-state index contributed by atoms with van der Waals surface area (Å²) in [5.74, 6) is 0.196. The zero-order valence-corrected chi connectivity index (χ0v) is 14.8. The molecule has 0 aliphatic rings. The van der Waals surface area contributed by atoms with Crippen LogP contribution < -0.4 is 15.4 Å². The molecule has 0 spiro atoms. The Morgan fingerprint density at radius 3 is 2.35 bits per heavy atom. The Labute approximate surface area is 156 Å². The Kier molecular flexibility index (Phi) is 7.11. The number of nitrogens with zero attached hydrogens (tertiary/aromatic N) is 2. The van der Waals surface area contributed by atoms with Crippen LogP contribution in [0.5, 0.6) is 5.75 Å². The molecule has 0 saturated carbocycles. The maximum absolute atomic E-state index is 12.2. The molecule has 0 fully saturated rings. The Balaban J connectivity index is 2.00. The van der Waals surface area contributed by atoms with Gasteiger partial charge >= 0.3 is 0 Å². The van der Waals surface area contributed by atoms with E-state index in [1.165, 1.54) is 6.20 Å². The van der Waals surface area contributed by atoms with Gasteiger partial charge in [0.25, 0.3) is 5.91 Å². The summed E-state index contributed by atoms with van der Waals surface area (Å²) in [7, 11) is 0. The number of amides is 1. The second-order valence-electron chi connectivity index (χ2n) is 4.94. The number of benzene rings is 2. The lowest BCUT2D eigenvalue weighted by atomic mass is 10.2. The van der Waals surface area contributed by atoms with E-state index in [1.54, 1.807) is 48.5 Å². The predicted molar refractivity (Wildman–Crippen MR) is 101 cm³/mol. The standard InChI is InChI=1S/C19H16N4O2S/c1-2-25-17-7-3-16(4-8-17)23-19(24)14(11-20)12-22-15-5-9-18(10-6-15)26-13-21/h3-10,12,22H,2H2,1H3,(H,23,24)/b14-12-. The van der Waals surface area contributed by atoms with E-state index in [2.05, 4.69) is 10.6 Å². The summed E-state index contributed by atoms with van der Waals surface area (Å²) in [5, 5.41) is 25.4. The SMILES string of the molecule is CCOc1ccc(NC(=O)/C(C#N)=C\Nc2ccc(SC#N)cc2)cc1. The smallest absolute Gasteiger partial charge is 0.267 e. The molecule has 2 N–H and O–H groups in total. The van der Waals surface area contributed by atoms with Crippen molar-refractivity contribution in [2.24, 2.45) is 0 Å². The largest absolute Gasteiger partial charge is 0.494 e. The highest BCUT2D eigenvalue weighted by molar-refractivity contribution is 8.03. The zero-order chi connectivity index (χ0) is 18.8. The van der Waals surface area contributed by atoms with Crippen molar-refractivity contribution in [3.8, 4) is 17.2 Å². The van der Waals surface area contributed by atoms with Gasteiger partial charge in [-0.25, -0.2) is 0 Å². The van der Waals surface area contributed by atoms with Gasteiger partial charge in [-0.2, -0.15) is 10.5 Å². The Hall–Kier alpha value is -3.42. The third-order valence-electron chi connectivity index (χ3n) is 3.19. The van der Waals surface area contributed by atoms with E-state index < -0.39 is 5.91 Å². The molecular weight excluding hydrogens is 348 g/mol. The fourth-order valence-corrected chi connectivity index (χ4v) is 2.35. The molecule has 0 radical (unpaired) electrons. The molecule has 0 heterocycles. The highest BCUT2D eigenvalue weighted by atomic mass is 32.2. The zero-order valence-electron chi connectivity index (χ0n) is 14.0. The van der Waals surface area contributed by atoms with Gasteiger partial charge in [0.05, 0.1) is 6.61 Å². The summed E-state index contributed by atoms with van der Waals surface area (Å²) >= 11 is 1.06. The van der Waals surface area contributed by atoms with Crippen LogP contribution in [0.25, 0.3) is 0 Å². The summed E-state index contributed by atoms with van der Waals surface area (Å²) < 4.78 is 5.34. The second-order valence-corrected chi connectivity index (χ2v) is 5.80. The van der Waals surface area contributed by atoms with Crippen molar-refractivity contribution in [2.45, 2.75) is 11.8 Å². The number of thiocyanates is 1. The third kappa shape index (κ3) is 5.59. The van der Waals surface area contributed by atoms with Crippen molar-refractivity contribution in [3.63, 3.8) is 0 Å². The van der Waals surface area contributed by atoms with Crippen LogP contribution in [0.2, 0.25) is 0 Å². The average molecular weight is 364 g/mol. The minimum absolute atomic E-state index is 0.0608. The van der Waals surface area contributed by atoms with Crippen molar-refractivity contribution < 1.29 is 9.53 Å². The highest BCUT2D eigenvalue weighted by Crippen LogP contribution is 2.19. The number of rotatable bonds is 7. The molecule has 0 saturated heterocycles. The van der Waals surface area contributed by atoms with E-state index in [0.29, 0.717) is 23.7 Å². The first kappa shape index (κ1) is 18.9. The fourth-order valence-electron chi connectivity index (χ4n) is 1.98. The Morgan fingerprint density at radius 2 is 1.77 bits per heavy atom. The lowest BCUT2D eigenvalue weighted by Gasteiger charge is -2.07. The maximum atomic E-state index is 12.2. The number of nitrogens with one attached hydrogen (secondary N) is 2. The van der Waals surface area contributed by atoms with Crippen LogP contribution >= 0.6 is 11.8 Å². The predicted octanol–water partition coefficient (Wildman–Crippen LogP) is 4.12. The summed E-state index contributed by atoms with van der Waals surface area (Å²) in [6.07, 6.45) is 1.34. The van der Waals surface area contributed by atoms with Crippen molar-refractivity contribution in [1.82, 2.24) is 0 Å². The molecule has 7 heteroatoms. The van der Waals surface area contributed by atoms with Gasteiger partial charge in [0.15, 0.2) is 0 Å².